The first-order valence-electron chi connectivity index (χ1n) is 3.69. The Morgan fingerprint density at radius 2 is 2.00 bits per heavy atom. The van der Waals surface area contributed by atoms with Gasteiger partial charge in [-0.1, -0.05) is 12.2 Å². The third-order valence-electron chi connectivity index (χ3n) is 1.67. The Hall–Kier alpha value is -1.35. The fourth-order valence-electron chi connectivity index (χ4n) is 1.07. The van der Waals surface area contributed by atoms with Crippen LogP contribution in [0.15, 0.2) is 42.9 Å². The molecule has 0 saturated carbocycles. The number of aromatic amines is 1. The number of nitrogens with zero attached hydrogens (tertiary/aromatic N) is 1. The summed E-state index contributed by atoms with van der Waals surface area (Å²) in [5.41, 5.74) is 0.973. The average molecular weight is 176 g/mol. The highest BCUT2D eigenvalue weighted by atomic mass is 32.1. The van der Waals surface area contributed by atoms with Gasteiger partial charge >= 0.3 is 0 Å². The summed E-state index contributed by atoms with van der Waals surface area (Å²) in [6.07, 6.45) is 5.73. The van der Waals surface area contributed by atoms with Crippen molar-refractivity contribution in [2.45, 2.75) is 0 Å². The molecule has 2 aromatic rings. The van der Waals surface area contributed by atoms with E-state index in [1.165, 1.54) is 0 Å². The third kappa shape index (κ3) is 1.19. The Bertz CT molecular complexity index is 323. The van der Waals surface area contributed by atoms with Gasteiger partial charge in [-0.05, 0) is 24.3 Å². The minimum Gasteiger partial charge on any atom is -0.359 e. The lowest BCUT2D eigenvalue weighted by atomic mass is 10.4. The monoisotopic (exact) mass is 176 g/mol. The summed E-state index contributed by atoms with van der Waals surface area (Å²) >= 11 is 5.23. The topological polar surface area (TPSA) is 20.7 Å². The van der Waals surface area contributed by atoms with Crippen LogP contribution in [0.3, 0.4) is 0 Å². The minimum absolute atomic E-state index is 0.796. The molecule has 0 fully saturated rings. The second kappa shape index (κ2) is 2.95. The Labute approximate surface area is 75.8 Å². The van der Waals surface area contributed by atoms with E-state index >= 15 is 0 Å². The van der Waals surface area contributed by atoms with Gasteiger partial charge in [-0.3, -0.25) is 0 Å². The van der Waals surface area contributed by atoms with Gasteiger partial charge in [0, 0.05) is 18.6 Å². The molecule has 0 aliphatic carbocycles. The molecule has 0 aliphatic rings. The van der Waals surface area contributed by atoms with Crippen molar-refractivity contribution in [3.8, 4) is 0 Å². The summed E-state index contributed by atoms with van der Waals surface area (Å²) in [7, 11) is 0. The SMILES string of the molecule is S=C(c1ccc[nH]1)n1cccc1. The van der Waals surface area contributed by atoms with Gasteiger partial charge < -0.3 is 9.55 Å². The van der Waals surface area contributed by atoms with Crippen molar-refractivity contribution in [3.05, 3.63) is 48.5 Å². The van der Waals surface area contributed by atoms with Crippen LogP contribution in [0.2, 0.25) is 0 Å². The van der Waals surface area contributed by atoms with Gasteiger partial charge in [-0.2, -0.15) is 0 Å². The predicted octanol–water partition coefficient (Wildman–Crippen LogP) is 2.04. The lowest BCUT2D eigenvalue weighted by Gasteiger charge is -2.00. The maximum atomic E-state index is 5.23. The minimum atomic E-state index is 0.796. The molecule has 1 N–H and O–H groups in total. The van der Waals surface area contributed by atoms with Gasteiger partial charge in [0.05, 0.1) is 5.69 Å². The molecule has 0 saturated heterocycles. The third-order valence-corrected chi connectivity index (χ3v) is 2.10. The van der Waals surface area contributed by atoms with Gasteiger partial charge in [0.25, 0.3) is 0 Å². The van der Waals surface area contributed by atoms with Crippen LogP contribution in [0.1, 0.15) is 5.69 Å². The summed E-state index contributed by atoms with van der Waals surface area (Å²) in [4.78, 5) is 3.86. The van der Waals surface area contributed by atoms with Crippen LogP contribution in [0, 0.1) is 0 Å². The number of hydrogen-bond acceptors (Lipinski definition) is 1. The molecular formula is C9H8N2S. The average Bonchev–Trinajstić information content (AvgIpc) is 2.77. The van der Waals surface area contributed by atoms with Gasteiger partial charge in [-0.25, -0.2) is 0 Å². The zero-order valence-electron chi connectivity index (χ0n) is 6.40. The first-order valence-corrected chi connectivity index (χ1v) is 4.10. The summed E-state index contributed by atoms with van der Waals surface area (Å²) in [6.45, 7) is 0. The molecule has 0 atom stereocenters. The fraction of sp³-hybridized carbons (Fsp3) is 0. The highest BCUT2D eigenvalue weighted by molar-refractivity contribution is 7.80. The summed E-state index contributed by atoms with van der Waals surface area (Å²) in [5.74, 6) is 0. The Morgan fingerprint density at radius 1 is 1.25 bits per heavy atom. The van der Waals surface area contributed by atoms with Crippen molar-refractivity contribution in [1.82, 2.24) is 9.55 Å². The zero-order valence-corrected chi connectivity index (χ0v) is 7.21. The molecule has 3 heteroatoms. The number of aromatic nitrogens is 2. The number of rotatable bonds is 1. The lowest BCUT2D eigenvalue weighted by molar-refractivity contribution is 1.17. The van der Waals surface area contributed by atoms with Gasteiger partial charge in [0.15, 0.2) is 0 Å². The van der Waals surface area contributed by atoms with Crippen LogP contribution >= 0.6 is 12.2 Å². The molecule has 2 nitrogen and oxygen atoms in total. The molecule has 0 aromatic carbocycles. The molecule has 0 spiro atoms. The standard InChI is InChI=1S/C9H8N2S/c12-9(8-4-3-5-10-8)11-6-1-2-7-11/h1-7,10H. The first kappa shape index (κ1) is 7.31. The molecular weight excluding hydrogens is 168 g/mol. The van der Waals surface area contributed by atoms with E-state index in [0.717, 1.165) is 10.7 Å². The molecule has 2 heterocycles. The van der Waals surface area contributed by atoms with Crippen molar-refractivity contribution >= 4 is 17.2 Å². The molecule has 2 rings (SSSR count). The van der Waals surface area contributed by atoms with Crippen LogP contribution in [-0.4, -0.2) is 14.5 Å². The predicted molar refractivity (Wildman–Crippen MR) is 52.3 cm³/mol. The summed E-state index contributed by atoms with van der Waals surface area (Å²) < 4.78 is 1.90. The quantitative estimate of drug-likeness (QED) is 0.659. The molecule has 12 heavy (non-hydrogen) atoms. The Balaban J connectivity index is 2.34. The summed E-state index contributed by atoms with van der Waals surface area (Å²) in [5, 5.41) is 0. The molecule has 0 unspecified atom stereocenters. The van der Waals surface area contributed by atoms with Crippen molar-refractivity contribution in [2.75, 3.05) is 0 Å². The Kier molecular flexibility index (Phi) is 1.80. The molecule has 0 amide bonds. The van der Waals surface area contributed by atoms with Crippen LogP contribution < -0.4 is 0 Å². The molecule has 0 aliphatic heterocycles. The number of nitrogens with one attached hydrogen (secondary N) is 1. The van der Waals surface area contributed by atoms with E-state index in [9.17, 15) is 0 Å². The van der Waals surface area contributed by atoms with Crippen LogP contribution in [0.4, 0.5) is 0 Å². The largest absolute Gasteiger partial charge is 0.359 e. The highest BCUT2D eigenvalue weighted by Gasteiger charge is 2.01. The van der Waals surface area contributed by atoms with Crippen LogP contribution in [-0.2, 0) is 0 Å². The van der Waals surface area contributed by atoms with Crippen LogP contribution in [0.25, 0.3) is 0 Å². The van der Waals surface area contributed by atoms with E-state index in [0.29, 0.717) is 0 Å². The number of hydrogen-bond donors (Lipinski definition) is 1. The first-order chi connectivity index (χ1) is 5.88. The van der Waals surface area contributed by atoms with E-state index in [-0.39, 0.29) is 0 Å². The fourth-order valence-corrected chi connectivity index (χ4v) is 1.32. The smallest absolute Gasteiger partial charge is 0.133 e. The maximum absolute atomic E-state index is 5.23. The van der Waals surface area contributed by atoms with E-state index in [4.69, 9.17) is 12.2 Å². The maximum Gasteiger partial charge on any atom is 0.133 e. The van der Waals surface area contributed by atoms with E-state index in [2.05, 4.69) is 4.98 Å². The molecule has 0 radical (unpaired) electrons. The van der Waals surface area contributed by atoms with E-state index in [1.54, 1.807) is 0 Å². The Morgan fingerprint density at radius 3 is 2.58 bits per heavy atom. The van der Waals surface area contributed by atoms with Gasteiger partial charge in [0.1, 0.15) is 4.99 Å². The number of H-pyrrole nitrogens is 1. The summed E-state index contributed by atoms with van der Waals surface area (Å²) in [6, 6.07) is 7.80. The zero-order chi connectivity index (χ0) is 8.39. The van der Waals surface area contributed by atoms with Crippen molar-refractivity contribution in [2.24, 2.45) is 0 Å². The van der Waals surface area contributed by atoms with Gasteiger partial charge in [0.2, 0.25) is 0 Å². The second-order valence-corrected chi connectivity index (χ2v) is 2.87. The van der Waals surface area contributed by atoms with Crippen molar-refractivity contribution in [1.29, 1.82) is 0 Å². The molecule has 0 bridgehead atoms. The van der Waals surface area contributed by atoms with Crippen LogP contribution in [0.5, 0.6) is 0 Å². The second-order valence-electron chi connectivity index (χ2n) is 2.48. The van der Waals surface area contributed by atoms with Gasteiger partial charge in [-0.15, -0.1) is 0 Å². The normalized spacial score (nSPS) is 10.0. The lowest BCUT2D eigenvalue weighted by Crippen LogP contribution is -2.07. The van der Waals surface area contributed by atoms with E-state index in [1.807, 2.05) is 47.4 Å². The molecule has 60 valence electrons. The van der Waals surface area contributed by atoms with E-state index < -0.39 is 0 Å². The molecule has 2 aromatic heterocycles. The van der Waals surface area contributed by atoms with Crippen molar-refractivity contribution < 1.29 is 0 Å². The van der Waals surface area contributed by atoms with Crippen molar-refractivity contribution in [3.63, 3.8) is 0 Å². The number of thiocarbonyl (C=S) groups is 1. The highest BCUT2D eigenvalue weighted by Crippen LogP contribution is 2.01.